The highest BCUT2D eigenvalue weighted by Crippen LogP contribution is 2.16. The highest BCUT2D eigenvalue weighted by molar-refractivity contribution is 5.71. The zero-order chi connectivity index (χ0) is 54.3. The number of esters is 3. The Morgan fingerprint density at radius 1 is 0.280 bits per heavy atom. The minimum absolute atomic E-state index is 0.105. The summed E-state index contributed by atoms with van der Waals surface area (Å²) in [7, 11) is 0. The van der Waals surface area contributed by atoms with Crippen LogP contribution in [0.4, 0.5) is 0 Å². The molecule has 0 aliphatic carbocycles. The summed E-state index contributed by atoms with van der Waals surface area (Å²) in [6, 6.07) is 0. The van der Waals surface area contributed by atoms with Crippen molar-refractivity contribution in [1.29, 1.82) is 0 Å². The Bertz CT molecular complexity index is 1520. The number of carbonyl (C=O) groups excluding carboxylic acids is 3. The molecule has 0 spiro atoms. The van der Waals surface area contributed by atoms with E-state index in [2.05, 4.69) is 130 Å². The summed E-state index contributed by atoms with van der Waals surface area (Å²) in [6.45, 7) is 6.38. The molecule has 0 aromatic rings. The van der Waals surface area contributed by atoms with Crippen LogP contribution in [0, 0.1) is 0 Å². The van der Waals surface area contributed by atoms with Gasteiger partial charge in [0.25, 0.3) is 0 Å². The molecule has 6 heteroatoms. The van der Waals surface area contributed by atoms with Crippen LogP contribution in [0.15, 0.2) is 109 Å². The third-order valence-corrected chi connectivity index (χ3v) is 13.2. The summed E-state index contributed by atoms with van der Waals surface area (Å²) in [5.74, 6) is -0.969. The van der Waals surface area contributed by atoms with Gasteiger partial charge in [-0.2, -0.15) is 0 Å². The molecular formula is C69H116O6. The zero-order valence-corrected chi connectivity index (χ0v) is 49.0. The maximum atomic E-state index is 12.9. The Morgan fingerprint density at radius 2 is 0.533 bits per heavy atom. The van der Waals surface area contributed by atoms with Crippen LogP contribution in [0.5, 0.6) is 0 Å². The van der Waals surface area contributed by atoms with Gasteiger partial charge in [0.15, 0.2) is 6.10 Å². The van der Waals surface area contributed by atoms with E-state index in [1.54, 1.807) is 0 Å². The SMILES string of the molecule is CC/C=C\C/C=C\C/C=C\C/C=C\C/C=C\CCCC(=O)OC(COC(=O)CCCCCCCCC/C=C\C/C=C\C/C=C\CC)COC(=O)CCCCCCCCCCCCC/C=C\CCCCCCCCCC. The molecule has 0 aliphatic heterocycles. The minimum atomic E-state index is -0.815. The predicted molar refractivity (Wildman–Crippen MR) is 325 cm³/mol. The summed E-state index contributed by atoms with van der Waals surface area (Å²) in [6.07, 6.45) is 85.3. The fourth-order valence-corrected chi connectivity index (χ4v) is 8.61. The largest absolute Gasteiger partial charge is 0.462 e. The van der Waals surface area contributed by atoms with Gasteiger partial charge in [-0.15, -0.1) is 0 Å². The molecule has 0 saturated carbocycles. The number of rotatable bonds is 56. The van der Waals surface area contributed by atoms with Gasteiger partial charge < -0.3 is 14.2 Å². The molecule has 0 saturated heterocycles. The van der Waals surface area contributed by atoms with E-state index in [1.165, 1.54) is 141 Å². The average Bonchev–Trinajstić information content (AvgIpc) is 3.41. The first kappa shape index (κ1) is 71.1. The Hall–Kier alpha value is -3.93. The van der Waals surface area contributed by atoms with Gasteiger partial charge in [-0.1, -0.05) is 265 Å². The number of allylic oxidation sites excluding steroid dienone is 18. The predicted octanol–water partition coefficient (Wildman–Crippen LogP) is 21.4. The lowest BCUT2D eigenvalue weighted by Crippen LogP contribution is -2.30. The van der Waals surface area contributed by atoms with Crippen LogP contribution in [0.1, 0.15) is 290 Å². The van der Waals surface area contributed by atoms with E-state index < -0.39 is 6.10 Å². The molecule has 0 aliphatic rings. The van der Waals surface area contributed by atoms with Crippen LogP contribution in [-0.2, 0) is 28.6 Å². The van der Waals surface area contributed by atoms with E-state index in [9.17, 15) is 14.4 Å². The molecule has 0 radical (unpaired) electrons. The van der Waals surface area contributed by atoms with Crippen LogP contribution in [0.2, 0.25) is 0 Å². The lowest BCUT2D eigenvalue weighted by Gasteiger charge is -2.18. The standard InChI is InChI=1S/C69H116O6/c1-4-7-10-13-16-19-22-25-28-31-32-33-34-35-36-39-41-44-47-50-53-56-59-62-68(71)74-65-66(75-69(72)63-60-57-54-51-48-45-42-38-30-27-24-21-18-15-12-9-6-3)64-73-67(70)61-58-55-52-49-46-43-40-37-29-26-23-20-17-14-11-8-5-2/h8-9,11-12,17-18,20-21,26-27,29-32,42,45,51,54,66H,4-7,10,13-16,19,22-25,28,33-41,43-44,46-50,52-53,55-65H2,1-3H3/b11-8-,12-9-,20-17-,21-18-,29-26-,30-27-,32-31-,45-42-,54-51-. The van der Waals surface area contributed by atoms with Crippen molar-refractivity contribution >= 4 is 17.9 Å². The molecule has 0 rings (SSSR count). The van der Waals surface area contributed by atoms with E-state index in [0.29, 0.717) is 19.3 Å². The van der Waals surface area contributed by atoms with Gasteiger partial charge in [0.2, 0.25) is 0 Å². The maximum absolute atomic E-state index is 12.9. The monoisotopic (exact) mass is 1040 g/mol. The molecular weight excluding hydrogens is 925 g/mol. The Kier molecular flexibility index (Phi) is 59.3. The van der Waals surface area contributed by atoms with Gasteiger partial charge in [0.05, 0.1) is 0 Å². The minimum Gasteiger partial charge on any atom is -0.462 e. The summed E-state index contributed by atoms with van der Waals surface area (Å²) >= 11 is 0. The second-order valence-electron chi connectivity index (χ2n) is 20.5. The lowest BCUT2D eigenvalue weighted by molar-refractivity contribution is -0.167. The molecule has 0 heterocycles. The van der Waals surface area contributed by atoms with E-state index in [0.717, 1.165) is 103 Å². The maximum Gasteiger partial charge on any atom is 0.306 e. The van der Waals surface area contributed by atoms with Crippen LogP contribution in [-0.4, -0.2) is 37.2 Å². The third kappa shape index (κ3) is 60.8. The van der Waals surface area contributed by atoms with Gasteiger partial charge in [0.1, 0.15) is 13.2 Å². The summed E-state index contributed by atoms with van der Waals surface area (Å²) in [5.41, 5.74) is 0. The van der Waals surface area contributed by atoms with Crippen LogP contribution < -0.4 is 0 Å². The van der Waals surface area contributed by atoms with Gasteiger partial charge in [-0.25, -0.2) is 0 Å². The van der Waals surface area contributed by atoms with Crippen molar-refractivity contribution < 1.29 is 28.6 Å². The normalized spacial score (nSPS) is 12.8. The van der Waals surface area contributed by atoms with Gasteiger partial charge in [0, 0.05) is 19.3 Å². The number of unbranched alkanes of at least 4 members (excludes halogenated alkanes) is 27. The van der Waals surface area contributed by atoms with Crippen molar-refractivity contribution in [3.8, 4) is 0 Å². The first-order chi connectivity index (χ1) is 37.0. The van der Waals surface area contributed by atoms with Crippen molar-refractivity contribution in [3.05, 3.63) is 109 Å². The third-order valence-electron chi connectivity index (χ3n) is 13.2. The molecule has 0 bridgehead atoms. The van der Waals surface area contributed by atoms with Crippen LogP contribution in [0.25, 0.3) is 0 Å². The summed E-state index contributed by atoms with van der Waals surface area (Å²) in [4.78, 5) is 38.3. The molecule has 6 nitrogen and oxygen atoms in total. The lowest BCUT2D eigenvalue weighted by atomic mass is 10.0. The molecule has 0 fully saturated rings. The molecule has 428 valence electrons. The molecule has 0 amide bonds. The van der Waals surface area contributed by atoms with Crippen molar-refractivity contribution in [2.75, 3.05) is 13.2 Å². The van der Waals surface area contributed by atoms with E-state index >= 15 is 0 Å². The average molecular weight is 1040 g/mol. The van der Waals surface area contributed by atoms with Crippen molar-refractivity contribution in [3.63, 3.8) is 0 Å². The van der Waals surface area contributed by atoms with E-state index in [-0.39, 0.29) is 37.5 Å². The van der Waals surface area contributed by atoms with Crippen molar-refractivity contribution in [2.24, 2.45) is 0 Å². The van der Waals surface area contributed by atoms with Crippen molar-refractivity contribution in [1.82, 2.24) is 0 Å². The first-order valence-electron chi connectivity index (χ1n) is 31.4. The zero-order valence-electron chi connectivity index (χ0n) is 49.0. The number of hydrogen-bond acceptors (Lipinski definition) is 6. The fourth-order valence-electron chi connectivity index (χ4n) is 8.61. The smallest absolute Gasteiger partial charge is 0.306 e. The number of hydrogen-bond donors (Lipinski definition) is 0. The number of ether oxygens (including phenoxy) is 3. The summed E-state index contributed by atoms with van der Waals surface area (Å²) in [5, 5.41) is 0. The molecule has 75 heavy (non-hydrogen) atoms. The second-order valence-corrected chi connectivity index (χ2v) is 20.5. The van der Waals surface area contributed by atoms with Crippen LogP contribution >= 0.6 is 0 Å². The Balaban J connectivity index is 4.43. The summed E-state index contributed by atoms with van der Waals surface area (Å²) < 4.78 is 16.9. The van der Waals surface area contributed by atoms with E-state index in [1.807, 2.05) is 0 Å². The van der Waals surface area contributed by atoms with Crippen LogP contribution in [0.3, 0.4) is 0 Å². The highest BCUT2D eigenvalue weighted by Gasteiger charge is 2.19. The topological polar surface area (TPSA) is 78.9 Å². The Morgan fingerprint density at radius 3 is 0.867 bits per heavy atom. The molecule has 1 unspecified atom stereocenters. The van der Waals surface area contributed by atoms with Gasteiger partial charge >= 0.3 is 17.9 Å². The number of carbonyl (C=O) groups is 3. The molecule has 1 atom stereocenters. The van der Waals surface area contributed by atoms with E-state index in [4.69, 9.17) is 14.2 Å². The van der Waals surface area contributed by atoms with Gasteiger partial charge in [-0.3, -0.25) is 14.4 Å². The fraction of sp³-hybridized carbons (Fsp3) is 0.696. The molecule has 0 N–H and O–H groups in total. The quantitative estimate of drug-likeness (QED) is 0.0261. The Labute approximate surface area is 463 Å². The van der Waals surface area contributed by atoms with Gasteiger partial charge in [-0.05, 0) is 116 Å². The first-order valence-corrected chi connectivity index (χ1v) is 31.4. The molecule has 0 aromatic carbocycles. The second kappa shape index (κ2) is 62.6. The molecule has 0 aromatic heterocycles. The highest BCUT2D eigenvalue weighted by atomic mass is 16.6. The van der Waals surface area contributed by atoms with Crippen molar-refractivity contribution in [2.45, 2.75) is 297 Å².